The summed E-state index contributed by atoms with van der Waals surface area (Å²) >= 11 is 0. The standard InChI is InChI=1S/C15H17NO2/c1-10-14(15(17)18)9-16(10)13-7-6-11-4-2-3-5-12(11)8-13/h2-5,8,10,14H,6-7,9H2,1H3,(H,17,18). The lowest BCUT2D eigenvalue weighted by Crippen LogP contribution is -2.56. The molecule has 0 radical (unpaired) electrons. The quantitative estimate of drug-likeness (QED) is 0.867. The molecule has 1 aliphatic carbocycles. The number of allylic oxidation sites excluding steroid dienone is 1. The fraction of sp³-hybridized carbons (Fsp3) is 0.400. The molecule has 1 fully saturated rings. The van der Waals surface area contributed by atoms with Crippen molar-refractivity contribution in [2.24, 2.45) is 5.92 Å². The second kappa shape index (κ2) is 4.16. The smallest absolute Gasteiger partial charge is 0.310 e. The van der Waals surface area contributed by atoms with Crippen LogP contribution in [0.4, 0.5) is 0 Å². The molecule has 3 heteroatoms. The Morgan fingerprint density at radius 3 is 2.83 bits per heavy atom. The Labute approximate surface area is 107 Å². The van der Waals surface area contributed by atoms with Crippen molar-refractivity contribution in [2.75, 3.05) is 6.54 Å². The first kappa shape index (κ1) is 11.3. The minimum absolute atomic E-state index is 0.124. The molecule has 1 aliphatic heterocycles. The highest BCUT2D eigenvalue weighted by Crippen LogP contribution is 2.34. The lowest BCUT2D eigenvalue weighted by molar-refractivity contribution is -0.150. The predicted molar refractivity (Wildman–Crippen MR) is 70.0 cm³/mol. The van der Waals surface area contributed by atoms with E-state index >= 15 is 0 Å². The number of aliphatic carboxylic acids is 1. The summed E-state index contributed by atoms with van der Waals surface area (Å²) in [4.78, 5) is 13.2. The first-order valence-electron chi connectivity index (χ1n) is 6.45. The molecular formula is C15H17NO2. The second-order valence-corrected chi connectivity index (χ2v) is 5.17. The molecule has 0 saturated carbocycles. The molecule has 0 aromatic heterocycles. The first-order chi connectivity index (χ1) is 8.66. The molecule has 94 valence electrons. The summed E-state index contributed by atoms with van der Waals surface area (Å²) in [5.74, 6) is -0.876. The number of benzene rings is 1. The normalized spacial score (nSPS) is 26.1. The predicted octanol–water partition coefficient (Wildman–Crippen LogP) is 2.38. The van der Waals surface area contributed by atoms with Gasteiger partial charge in [-0.05, 0) is 37.0 Å². The lowest BCUT2D eigenvalue weighted by atomic mass is 9.86. The molecule has 3 rings (SSSR count). The van der Waals surface area contributed by atoms with Gasteiger partial charge in [0.2, 0.25) is 0 Å². The van der Waals surface area contributed by atoms with Gasteiger partial charge in [0.1, 0.15) is 0 Å². The number of fused-ring (bicyclic) bond motifs is 1. The van der Waals surface area contributed by atoms with Crippen molar-refractivity contribution in [1.82, 2.24) is 4.90 Å². The molecule has 2 aliphatic rings. The molecule has 1 saturated heterocycles. The highest BCUT2D eigenvalue weighted by atomic mass is 16.4. The van der Waals surface area contributed by atoms with Crippen LogP contribution in [0, 0.1) is 5.92 Å². The molecule has 0 amide bonds. The summed E-state index contributed by atoms with van der Waals surface area (Å²) in [6, 6.07) is 8.55. The maximum absolute atomic E-state index is 11.0. The van der Waals surface area contributed by atoms with E-state index in [1.807, 2.05) is 6.92 Å². The zero-order valence-corrected chi connectivity index (χ0v) is 10.5. The van der Waals surface area contributed by atoms with Crippen molar-refractivity contribution in [1.29, 1.82) is 0 Å². The average Bonchev–Trinajstić information content (AvgIpc) is 2.36. The summed E-state index contributed by atoms with van der Waals surface area (Å²) in [6.45, 7) is 2.66. The van der Waals surface area contributed by atoms with Gasteiger partial charge in [-0.15, -0.1) is 0 Å². The van der Waals surface area contributed by atoms with Gasteiger partial charge in [-0.25, -0.2) is 0 Å². The summed E-state index contributed by atoms with van der Waals surface area (Å²) in [7, 11) is 0. The summed E-state index contributed by atoms with van der Waals surface area (Å²) < 4.78 is 0. The molecule has 3 nitrogen and oxygen atoms in total. The minimum Gasteiger partial charge on any atom is -0.481 e. The van der Waals surface area contributed by atoms with E-state index in [4.69, 9.17) is 5.11 Å². The number of carboxylic acids is 1. The number of likely N-dealkylation sites (tertiary alicyclic amines) is 1. The second-order valence-electron chi connectivity index (χ2n) is 5.17. The van der Waals surface area contributed by atoms with Crippen molar-refractivity contribution in [3.8, 4) is 0 Å². The van der Waals surface area contributed by atoms with Crippen LogP contribution in [0.1, 0.15) is 24.5 Å². The van der Waals surface area contributed by atoms with E-state index in [-0.39, 0.29) is 12.0 Å². The monoisotopic (exact) mass is 243 g/mol. The van der Waals surface area contributed by atoms with Gasteiger partial charge in [0.05, 0.1) is 5.92 Å². The number of aryl methyl sites for hydroxylation is 1. The number of carboxylic acid groups (broad SMARTS) is 1. The number of hydrogen-bond acceptors (Lipinski definition) is 2. The lowest BCUT2D eigenvalue weighted by Gasteiger charge is -2.47. The average molecular weight is 243 g/mol. The van der Waals surface area contributed by atoms with Crippen LogP contribution >= 0.6 is 0 Å². The number of carbonyl (C=O) groups is 1. The maximum Gasteiger partial charge on any atom is 0.310 e. The van der Waals surface area contributed by atoms with E-state index in [9.17, 15) is 4.79 Å². The van der Waals surface area contributed by atoms with E-state index in [2.05, 4.69) is 35.2 Å². The van der Waals surface area contributed by atoms with Crippen molar-refractivity contribution < 1.29 is 9.90 Å². The topological polar surface area (TPSA) is 40.5 Å². The number of hydrogen-bond donors (Lipinski definition) is 1. The maximum atomic E-state index is 11.0. The Hall–Kier alpha value is -1.77. The Morgan fingerprint density at radius 2 is 2.11 bits per heavy atom. The summed E-state index contributed by atoms with van der Waals surface area (Å²) in [5, 5.41) is 9.03. The van der Waals surface area contributed by atoms with Gasteiger partial charge < -0.3 is 10.0 Å². The Bertz CT molecular complexity index is 521. The number of rotatable bonds is 2. The highest BCUT2D eigenvalue weighted by Gasteiger charge is 2.41. The number of nitrogens with zero attached hydrogens (tertiary/aromatic N) is 1. The van der Waals surface area contributed by atoms with E-state index in [0.29, 0.717) is 6.54 Å². The van der Waals surface area contributed by atoms with Crippen LogP contribution < -0.4 is 0 Å². The zero-order chi connectivity index (χ0) is 12.7. The third-order valence-electron chi connectivity index (χ3n) is 4.18. The van der Waals surface area contributed by atoms with Crippen LogP contribution in [0.2, 0.25) is 0 Å². The SMILES string of the molecule is CC1C(C(=O)O)CN1C1=Cc2ccccc2CC1. The van der Waals surface area contributed by atoms with Gasteiger partial charge in [0.25, 0.3) is 0 Å². The van der Waals surface area contributed by atoms with Gasteiger partial charge in [-0.3, -0.25) is 4.79 Å². The van der Waals surface area contributed by atoms with Gasteiger partial charge in [-0.2, -0.15) is 0 Å². The van der Waals surface area contributed by atoms with Gasteiger partial charge >= 0.3 is 5.97 Å². The third-order valence-corrected chi connectivity index (χ3v) is 4.18. The van der Waals surface area contributed by atoms with Crippen molar-refractivity contribution in [3.63, 3.8) is 0 Å². The van der Waals surface area contributed by atoms with E-state index in [0.717, 1.165) is 12.8 Å². The van der Waals surface area contributed by atoms with Crippen LogP contribution in [0.3, 0.4) is 0 Å². The van der Waals surface area contributed by atoms with Gasteiger partial charge in [0, 0.05) is 18.3 Å². The first-order valence-corrected chi connectivity index (χ1v) is 6.45. The van der Waals surface area contributed by atoms with E-state index in [1.54, 1.807) is 0 Å². The molecule has 0 spiro atoms. The Kier molecular flexibility index (Phi) is 2.62. The molecule has 2 atom stereocenters. The molecule has 1 aromatic rings. The van der Waals surface area contributed by atoms with E-state index < -0.39 is 5.97 Å². The van der Waals surface area contributed by atoms with Crippen LogP contribution in [0.15, 0.2) is 30.0 Å². The molecule has 2 unspecified atom stereocenters. The van der Waals surface area contributed by atoms with E-state index in [1.165, 1.54) is 16.8 Å². The van der Waals surface area contributed by atoms with Crippen molar-refractivity contribution >= 4 is 12.0 Å². The highest BCUT2D eigenvalue weighted by molar-refractivity contribution is 5.73. The fourth-order valence-electron chi connectivity index (χ4n) is 2.92. The Balaban J connectivity index is 1.80. The van der Waals surface area contributed by atoms with Crippen LogP contribution in [-0.4, -0.2) is 28.6 Å². The van der Waals surface area contributed by atoms with Gasteiger partial charge in [0.15, 0.2) is 0 Å². The third kappa shape index (κ3) is 1.70. The summed E-state index contributed by atoms with van der Waals surface area (Å²) in [6.07, 6.45) is 4.30. The molecule has 1 heterocycles. The largest absolute Gasteiger partial charge is 0.481 e. The molecular weight excluding hydrogens is 226 g/mol. The van der Waals surface area contributed by atoms with Crippen molar-refractivity contribution in [3.05, 3.63) is 41.1 Å². The summed E-state index contributed by atoms with van der Waals surface area (Å²) in [5.41, 5.74) is 3.97. The Morgan fingerprint density at radius 1 is 1.33 bits per heavy atom. The van der Waals surface area contributed by atoms with Gasteiger partial charge in [-0.1, -0.05) is 24.3 Å². The molecule has 18 heavy (non-hydrogen) atoms. The zero-order valence-electron chi connectivity index (χ0n) is 10.5. The van der Waals surface area contributed by atoms with Crippen LogP contribution in [0.5, 0.6) is 0 Å². The van der Waals surface area contributed by atoms with Crippen molar-refractivity contribution in [2.45, 2.75) is 25.8 Å². The molecule has 1 aromatic carbocycles. The minimum atomic E-state index is -0.671. The van der Waals surface area contributed by atoms with Crippen LogP contribution in [0.25, 0.3) is 6.08 Å². The molecule has 0 bridgehead atoms. The molecule has 1 N–H and O–H groups in total. The fourth-order valence-corrected chi connectivity index (χ4v) is 2.92. The van der Waals surface area contributed by atoms with Crippen LogP contribution in [-0.2, 0) is 11.2 Å².